The van der Waals surface area contributed by atoms with Gasteiger partial charge in [0.05, 0.1) is 5.41 Å². The van der Waals surface area contributed by atoms with Crippen molar-refractivity contribution in [3.63, 3.8) is 0 Å². The largest absolute Gasteiger partial charge is 0.368 e. The second-order valence-corrected chi connectivity index (χ2v) is 9.62. The highest BCUT2D eigenvalue weighted by molar-refractivity contribution is 9.10. The van der Waals surface area contributed by atoms with Crippen molar-refractivity contribution in [2.45, 2.75) is 38.3 Å². The molecule has 2 aliphatic rings. The van der Waals surface area contributed by atoms with Gasteiger partial charge in [0.1, 0.15) is 6.04 Å². The molecule has 2 aromatic carbocycles. The van der Waals surface area contributed by atoms with Crippen molar-refractivity contribution < 1.29 is 9.59 Å². The number of carbonyl (C=O) groups is 2. The first-order chi connectivity index (χ1) is 15.0. The highest BCUT2D eigenvalue weighted by Crippen LogP contribution is 2.45. The Kier molecular flexibility index (Phi) is 6.77. The molecule has 1 unspecified atom stereocenters. The molecule has 0 aromatic heterocycles. The van der Waals surface area contributed by atoms with Gasteiger partial charge < -0.3 is 15.5 Å². The van der Waals surface area contributed by atoms with Crippen molar-refractivity contribution >= 4 is 27.7 Å². The molecule has 2 saturated heterocycles. The summed E-state index contributed by atoms with van der Waals surface area (Å²) in [5, 5.41) is 0. The van der Waals surface area contributed by atoms with Gasteiger partial charge in [-0.1, -0.05) is 58.4 Å². The first-order valence-corrected chi connectivity index (χ1v) is 11.7. The Bertz CT molecular complexity index is 908. The van der Waals surface area contributed by atoms with Crippen LogP contribution in [-0.2, 0) is 16.1 Å². The van der Waals surface area contributed by atoms with Crippen LogP contribution in [0.1, 0.15) is 36.8 Å². The number of hydrogen-bond acceptors (Lipinski definition) is 3. The summed E-state index contributed by atoms with van der Waals surface area (Å²) in [6, 6.07) is 17.7. The molecule has 163 valence electrons. The molecule has 0 bridgehead atoms. The van der Waals surface area contributed by atoms with E-state index < -0.39 is 17.4 Å². The molecular formula is C25H29BrN3O2. The van der Waals surface area contributed by atoms with E-state index in [-0.39, 0.29) is 5.91 Å². The van der Waals surface area contributed by atoms with Crippen LogP contribution in [0.25, 0.3) is 0 Å². The van der Waals surface area contributed by atoms with Gasteiger partial charge in [0.2, 0.25) is 11.8 Å². The average Bonchev–Trinajstić information content (AvgIpc) is 3.04. The van der Waals surface area contributed by atoms with E-state index in [1.54, 1.807) is 4.90 Å². The number of nitrogens with zero attached hydrogens (tertiary/aromatic N) is 2. The molecule has 2 N–H and O–H groups in total. The second-order valence-electron chi connectivity index (χ2n) is 8.71. The highest BCUT2D eigenvalue weighted by atomic mass is 79.9. The summed E-state index contributed by atoms with van der Waals surface area (Å²) in [4.78, 5) is 29.8. The zero-order valence-corrected chi connectivity index (χ0v) is 19.3. The zero-order chi connectivity index (χ0) is 21.8. The predicted octanol–water partition coefficient (Wildman–Crippen LogP) is 3.76. The lowest BCUT2D eigenvalue weighted by atomic mass is 9.76. The topological polar surface area (TPSA) is 66.6 Å². The quantitative estimate of drug-likeness (QED) is 0.652. The third-order valence-electron chi connectivity index (χ3n) is 6.71. The number of carbonyl (C=O) groups excluding carboxylic acids is 2. The van der Waals surface area contributed by atoms with Gasteiger partial charge in [-0.15, -0.1) is 0 Å². The Labute approximate surface area is 192 Å². The third kappa shape index (κ3) is 5.01. The maximum atomic E-state index is 13.5. The summed E-state index contributed by atoms with van der Waals surface area (Å²) in [7, 11) is 0. The van der Waals surface area contributed by atoms with Gasteiger partial charge in [0.25, 0.3) is 0 Å². The van der Waals surface area contributed by atoms with E-state index >= 15 is 0 Å². The van der Waals surface area contributed by atoms with Crippen molar-refractivity contribution in [3.8, 4) is 0 Å². The summed E-state index contributed by atoms with van der Waals surface area (Å²) in [6.45, 7) is 3.18. The molecule has 5 nitrogen and oxygen atoms in total. The number of amides is 2. The monoisotopic (exact) mass is 482 g/mol. The second kappa shape index (κ2) is 9.53. The van der Waals surface area contributed by atoms with Gasteiger partial charge >= 0.3 is 0 Å². The molecule has 4 rings (SSSR count). The SMILES string of the molecule is NC(=O)C1CC2(CCN(CC[CH]c3ccccc3)CC2)C(=O)N1Cc1ccc(Br)cc1. The fourth-order valence-corrected chi connectivity index (χ4v) is 5.13. The predicted molar refractivity (Wildman–Crippen MR) is 125 cm³/mol. The fourth-order valence-electron chi connectivity index (χ4n) is 4.86. The number of hydrogen-bond donors (Lipinski definition) is 1. The van der Waals surface area contributed by atoms with Gasteiger partial charge in [-0.3, -0.25) is 9.59 Å². The van der Waals surface area contributed by atoms with E-state index in [4.69, 9.17) is 5.73 Å². The minimum atomic E-state index is -0.519. The van der Waals surface area contributed by atoms with Crippen molar-refractivity contribution in [1.29, 1.82) is 0 Å². The first kappa shape index (κ1) is 22.0. The number of halogens is 1. The molecule has 1 radical (unpaired) electrons. The molecule has 2 aromatic rings. The number of primary amides is 1. The van der Waals surface area contributed by atoms with E-state index in [1.165, 1.54) is 5.56 Å². The Hall–Kier alpha value is -2.18. The van der Waals surface area contributed by atoms with Crippen LogP contribution in [0.5, 0.6) is 0 Å². The summed E-state index contributed by atoms with van der Waals surface area (Å²) < 4.78 is 0.990. The number of rotatable bonds is 7. The summed E-state index contributed by atoms with van der Waals surface area (Å²) in [5.41, 5.74) is 7.52. The van der Waals surface area contributed by atoms with Crippen LogP contribution in [0.3, 0.4) is 0 Å². The number of piperidine rings is 1. The summed E-state index contributed by atoms with van der Waals surface area (Å²) in [6.07, 6.45) is 5.37. The van der Waals surface area contributed by atoms with Gasteiger partial charge in [0.15, 0.2) is 0 Å². The molecule has 0 aliphatic carbocycles. The Morgan fingerprint density at radius 2 is 1.77 bits per heavy atom. The van der Waals surface area contributed by atoms with E-state index in [0.717, 1.165) is 48.9 Å². The fraction of sp³-hybridized carbons (Fsp3) is 0.400. The van der Waals surface area contributed by atoms with Crippen molar-refractivity contribution in [2.24, 2.45) is 11.1 Å². The lowest BCUT2D eigenvalue weighted by Crippen LogP contribution is -2.45. The van der Waals surface area contributed by atoms with Gasteiger partial charge in [-0.05, 0) is 75.0 Å². The molecular weight excluding hydrogens is 454 g/mol. The van der Waals surface area contributed by atoms with Crippen molar-refractivity contribution in [1.82, 2.24) is 9.80 Å². The Morgan fingerprint density at radius 1 is 1.10 bits per heavy atom. The van der Waals surface area contributed by atoms with E-state index in [2.05, 4.69) is 51.5 Å². The molecule has 1 spiro atoms. The number of nitrogens with two attached hydrogens (primary N) is 1. The van der Waals surface area contributed by atoms with Gasteiger partial charge in [0, 0.05) is 11.0 Å². The van der Waals surface area contributed by atoms with E-state index in [0.29, 0.717) is 13.0 Å². The van der Waals surface area contributed by atoms with Crippen LogP contribution >= 0.6 is 15.9 Å². The van der Waals surface area contributed by atoms with Crippen LogP contribution in [0.2, 0.25) is 0 Å². The maximum absolute atomic E-state index is 13.5. The average molecular weight is 483 g/mol. The van der Waals surface area contributed by atoms with Crippen LogP contribution in [0, 0.1) is 11.8 Å². The molecule has 2 aliphatic heterocycles. The molecule has 2 amide bonds. The molecule has 31 heavy (non-hydrogen) atoms. The third-order valence-corrected chi connectivity index (χ3v) is 7.24. The van der Waals surface area contributed by atoms with Gasteiger partial charge in [-0.2, -0.15) is 0 Å². The number of likely N-dealkylation sites (tertiary alicyclic amines) is 2. The minimum absolute atomic E-state index is 0.0923. The standard InChI is InChI=1S/C25H29BrN3O2/c26-21-10-8-20(9-11-21)18-29-22(23(27)30)17-25(24(29)31)12-15-28(16-13-25)14-4-7-19-5-2-1-3-6-19/h1-3,5-11,22H,4,12-18H2,(H2,27,30). The zero-order valence-electron chi connectivity index (χ0n) is 17.7. The van der Waals surface area contributed by atoms with Crippen LogP contribution < -0.4 is 5.73 Å². The summed E-state index contributed by atoms with van der Waals surface area (Å²) in [5.74, 6) is -0.308. The van der Waals surface area contributed by atoms with Crippen molar-refractivity contribution in [2.75, 3.05) is 19.6 Å². The van der Waals surface area contributed by atoms with E-state index in [9.17, 15) is 9.59 Å². The van der Waals surface area contributed by atoms with Crippen LogP contribution in [0.4, 0.5) is 0 Å². The highest BCUT2D eigenvalue weighted by Gasteiger charge is 2.53. The maximum Gasteiger partial charge on any atom is 0.240 e. The van der Waals surface area contributed by atoms with Crippen LogP contribution in [-0.4, -0.2) is 47.3 Å². The molecule has 2 fully saturated rings. The van der Waals surface area contributed by atoms with Crippen LogP contribution in [0.15, 0.2) is 59.1 Å². The van der Waals surface area contributed by atoms with E-state index in [1.807, 2.05) is 30.3 Å². The van der Waals surface area contributed by atoms with Gasteiger partial charge in [-0.25, -0.2) is 0 Å². The molecule has 1 atom stereocenters. The lowest BCUT2D eigenvalue weighted by Gasteiger charge is -2.38. The smallest absolute Gasteiger partial charge is 0.240 e. The van der Waals surface area contributed by atoms with Crippen molar-refractivity contribution in [3.05, 3.63) is 76.6 Å². The Morgan fingerprint density at radius 3 is 2.42 bits per heavy atom. The Balaban J connectivity index is 1.36. The molecule has 2 heterocycles. The molecule has 6 heteroatoms. The minimum Gasteiger partial charge on any atom is -0.368 e. The lowest BCUT2D eigenvalue weighted by molar-refractivity contribution is -0.141. The number of benzene rings is 2. The normalized spacial score (nSPS) is 21.0. The summed E-state index contributed by atoms with van der Waals surface area (Å²) >= 11 is 3.44. The molecule has 0 saturated carbocycles. The first-order valence-electron chi connectivity index (χ1n) is 10.9.